The van der Waals surface area contributed by atoms with Crippen LogP contribution in [0.5, 0.6) is 0 Å². The third kappa shape index (κ3) is 109. The van der Waals surface area contributed by atoms with Gasteiger partial charge < -0.3 is 0 Å². The Bertz CT molecular complexity index is 64.1. The number of rotatable bonds is 1. The molecule has 0 unspecified atom stereocenters. The third-order valence-corrected chi connectivity index (χ3v) is 0.489. The van der Waals surface area contributed by atoms with Gasteiger partial charge >= 0.3 is 0 Å². The van der Waals surface area contributed by atoms with Gasteiger partial charge in [0.05, 0.1) is 0 Å². The van der Waals surface area contributed by atoms with Gasteiger partial charge in [-0.2, -0.15) is 0 Å². The molecule has 0 amide bonds. The molecule has 0 heterocycles. The van der Waals surface area contributed by atoms with Crippen LogP contribution in [0, 0.1) is 0 Å². The zero-order valence-corrected chi connectivity index (χ0v) is 10.4. The zero-order valence-electron chi connectivity index (χ0n) is 10.4. The third-order valence-electron chi connectivity index (χ3n) is 0.489. The Morgan fingerprint density at radius 2 is 1.25 bits per heavy atom. The normalized spacial score (nSPS) is 4.67. The van der Waals surface area contributed by atoms with Crippen LogP contribution in [0.1, 0.15) is 61.8 Å². The minimum Gasteiger partial charge on any atom is -0.130 e. The molecule has 0 spiro atoms. The van der Waals surface area contributed by atoms with E-state index in [-0.39, 0.29) is 0 Å². The molecule has 0 atom stereocenters. The van der Waals surface area contributed by atoms with E-state index < -0.39 is 0 Å². The van der Waals surface area contributed by atoms with Crippen molar-refractivity contribution in [3.8, 4) is 0 Å². The summed E-state index contributed by atoms with van der Waals surface area (Å²) in [6.07, 6.45) is 4.99. The molecular weight excluding hydrogens is 144 g/mol. The van der Waals surface area contributed by atoms with Crippen molar-refractivity contribution in [1.82, 2.24) is 0 Å². The van der Waals surface area contributed by atoms with Gasteiger partial charge in [-0.15, -0.1) is 5.73 Å². The van der Waals surface area contributed by atoms with Crippen LogP contribution >= 0.6 is 0 Å². The molecule has 0 fully saturated rings. The average molecular weight is 172 g/mol. The SMILES string of the molecule is CC.CC.CC.CC=C=CCC. The predicted octanol–water partition coefficient (Wildman–Crippen LogP) is 5.21. The molecule has 0 heteroatoms. The van der Waals surface area contributed by atoms with Crippen LogP contribution in [0.25, 0.3) is 0 Å². The van der Waals surface area contributed by atoms with Gasteiger partial charge in [-0.1, -0.05) is 48.5 Å². The molecule has 0 saturated heterocycles. The minimum atomic E-state index is 1.09. The predicted molar refractivity (Wildman–Crippen MR) is 62.7 cm³/mol. The summed E-state index contributed by atoms with van der Waals surface area (Å²) in [5.74, 6) is 0. The second-order valence-corrected chi connectivity index (χ2v) is 1.07. The van der Waals surface area contributed by atoms with Crippen LogP contribution in [-0.2, 0) is 0 Å². The highest BCUT2D eigenvalue weighted by Gasteiger charge is 1.52. The van der Waals surface area contributed by atoms with E-state index in [1.165, 1.54) is 0 Å². The van der Waals surface area contributed by atoms with Crippen LogP contribution in [-0.4, -0.2) is 0 Å². The molecule has 0 aliphatic carbocycles. The van der Waals surface area contributed by atoms with Gasteiger partial charge in [-0.05, 0) is 25.5 Å². The Labute approximate surface area is 80.4 Å². The summed E-state index contributed by atoms with van der Waals surface area (Å²) < 4.78 is 0. The summed E-state index contributed by atoms with van der Waals surface area (Å²) in [6, 6.07) is 0. The van der Waals surface area contributed by atoms with Gasteiger partial charge in [0.2, 0.25) is 0 Å². The zero-order chi connectivity index (χ0) is 10.8. The lowest BCUT2D eigenvalue weighted by molar-refractivity contribution is 1.23. The van der Waals surface area contributed by atoms with Crippen LogP contribution in [0.4, 0.5) is 0 Å². The maximum atomic E-state index is 2.95. The largest absolute Gasteiger partial charge is 0.130 e. The van der Waals surface area contributed by atoms with Crippen molar-refractivity contribution in [2.75, 3.05) is 0 Å². The fraction of sp³-hybridized carbons (Fsp3) is 0.750. The molecule has 0 aliphatic heterocycles. The molecule has 0 N–H and O–H groups in total. The smallest absolute Gasteiger partial charge is 0.0303 e. The maximum Gasteiger partial charge on any atom is -0.0303 e. The quantitative estimate of drug-likeness (QED) is 0.476. The minimum absolute atomic E-state index is 1.09. The monoisotopic (exact) mass is 172 g/mol. The lowest BCUT2D eigenvalue weighted by atomic mass is 10.4. The molecule has 0 radical (unpaired) electrons. The molecule has 76 valence electrons. The molecule has 0 nitrogen and oxygen atoms in total. The Morgan fingerprint density at radius 1 is 0.917 bits per heavy atom. The summed E-state index contributed by atoms with van der Waals surface area (Å²) in [7, 11) is 0. The Morgan fingerprint density at radius 3 is 1.33 bits per heavy atom. The molecule has 0 aromatic heterocycles. The van der Waals surface area contributed by atoms with Crippen LogP contribution < -0.4 is 0 Å². The van der Waals surface area contributed by atoms with Crippen LogP contribution in [0.2, 0.25) is 0 Å². The Kier molecular flexibility index (Phi) is 145. The van der Waals surface area contributed by atoms with Crippen molar-refractivity contribution >= 4 is 0 Å². The first-order chi connectivity index (χ1) is 5.91. The molecule has 0 rings (SSSR count). The van der Waals surface area contributed by atoms with Crippen LogP contribution in [0.15, 0.2) is 17.9 Å². The first-order valence-electron chi connectivity index (χ1n) is 5.27. The fourth-order valence-electron chi connectivity index (χ4n) is 0.236. The summed E-state index contributed by atoms with van der Waals surface area (Å²) in [5.41, 5.74) is 2.95. The van der Waals surface area contributed by atoms with Gasteiger partial charge in [0.25, 0.3) is 0 Å². The van der Waals surface area contributed by atoms with Crippen molar-refractivity contribution in [1.29, 1.82) is 0 Å². The molecule has 12 heavy (non-hydrogen) atoms. The summed E-state index contributed by atoms with van der Waals surface area (Å²) in [6.45, 7) is 16.1. The van der Waals surface area contributed by atoms with Crippen LogP contribution in [0.3, 0.4) is 0 Å². The Hall–Kier alpha value is -0.480. The van der Waals surface area contributed by atoms with Crippen molar-refractivity contribution in [3.63, 3.8) is 0 Å². The van der Waals surface area contributed by atoms with Crippen molar-refractivity contribution in [2.45, 2.75) is 61.8 Å². The number of hydrogen-bond acceptors (Lipinski definition) is 0. The molecule has 0 aromatic rings. The fourth-order valence-corrected chi connectivity index (χ4v) is 0.236. The highest BCUT2D eigenvalue weighted by atomic mass is 13.6. The molecule has 0 aliphatic rings. The first kappa shape index (κ1) is 22.5. The second-order valence-electron chi connectivity index (χ2n) is 1.07. The maximum absolute atomic E-state index is 2.95. The summed E-state index contributed by atoms with van der Waals surface area (Å²) in [4.78, 5) is 0. The summed E-state index contributed by atoms with van der Waals surface area (Å²) >= 11 is 0. The van der Waals surface area contributed by atoms with Crippen molar-refractivity contribution in [2.24, 2.45) is 0 Å². The van der Waals surface area contributed by atoms with E-state index in [1.807, 2.05) is 60.6 Å². The molecular formula is C12H28. The van der Waals surface area contributed by atoms with E-state index in [4.69, 9.17) is 0 Å². The molecule has 0 aromatic carbocycles. The highest BCUT2D eigenvalue weighted by molar-refractivity contribution is 4.79. The van der Waals surface area contributed by atoms with Gasteiger partial charge in [-0.25, -0.2) is 0 Å². The summed E-state index contributed by atoms with van der Waals surface area (Å²) in [5, 5.41) is 0. The lowest BCUT2D eigenvalue weighted by Crippen LogP contribution is -1.42. The molecule has 0 bridgehead atoms. The van der Waals surface area contributed by atoms with Gasteiger partial charge in [-0.3, -0.25) is 0 Å². The first-order valence-corrected chi connectivity index (χ1v) is 5.27. The van der Waals surface area contributed by atoms with Gasteiger partial charge in [0, 0.05) is 0 Å². The van der Waals surface area contributed by atoms with Gasteiger partial charge in [0.15, 0.2) is 0 Å². The second kappa shape index (κ2) is 76.9. The Balaban J connectivity index is -0.0000000453. The van der Waals surface area contributed by atoms with E-state index in [1.54, 1.807) is 0 Å². The molecule has 0 saturated carbocycles. The van der Waals surface area contributed by atoms with E-state index in [2.05, 4.69) is 12.7 Å². The lowest BCUT2D eigenvalue weighted by Gasteiger charge is -1.62. The number of allylic oxidation sites excluding steroid dienone is 1. The van der Waals surface area contributed by atoms with E-state index >= 15 is 0 Å². The average Bonchev–Trinajstić information content (AvgIpc) is 2.24. The number of hydrogen-bond donors (Lipinski definition) is 0. The van der Waals surface area contributed by atoms with E-state index in [9.17, 15) is 0 Å². The van der Waals surface area contributed by atoms with Gasteiger partial charge in [0.1, 0.15) is 0 Å². The van der Waals surface area contributed by atoms with E-state index in [0.717, 1.165) is 6.42 Å². The van der Waals surface area contributed by atoms with Crippen molar-refractivity contribution in [3.05, 3.63) is 17.9 Å². The topological polar surface area (TPSA) is 0 Å². The van der Waals surface area contributed by atoms with Crippen molar-refractivity contribution < 1.29 is 0 Å². The standard InChI is InChI=1S/C6H10.3C2H6/c1-3-5-6-4-2;3*1-2/h3,6H,4H2,1-2H3;3*1-2H3. The van der Waals surface area contributed by atoms with E-state index in [0.29, 0.717) is 0 Å². The highest BCUT2D eigenvalue weighted by Crippen LogP contribution is 1.72.